The standard InChI is InChI=1S/C13H18ClNO/c14-13-4-2-1-3-12(13)10-15-9-11-5-7-16-8-6-11/h1-4,11,15H,5-10H2. The van der Waals surface area contributed by atoms with Gasteiger partial charge in [0.05, 0.1) is 0 Å². The van der Waals surface area contributed by atoms with Crippen molar-refractivity contribution in [1.29, 1.82) is 0 Å². The quantitative estimate of drug-likeness (QED) is 0.873. The summed E-state index contributed by atoms with van der Waals surface area (Å²) in [5.74, 6) is 0.760. The first-order valence-corrected chi connectivity index (χ1v) is 6.26. The Balaban J connectivity index is 1.73. The maximum atomic E-state index is 6.09. The highest BCUT2D eigenvalue weighted by Gasteiger charge is 2.12. The van der Waals surface area contributed by atoms with E-state index in [1.807, 2.05) is 18.2 Å². The molecule has 1 saturated heterocycles. The number of halogens is 1. The largest absolute Gasteiger partial charge is 0.381 e. The molecular weight excluding hydrogens is 222 g/mol. The third-order valence-corrected chi connectivity index (χ3v) is 3.42. The molecule has 0 unspecified atom stereocenters. The first kappa shape index (κ1) is 11.9. The van der Waals surface area contributed by atoms with Crippen molar-refractivity contribution in [3.05, 3.63) is 34.9 Å². The average Bonchev–Trinajstić information content (AvgIpc) is 2.33. The highest BCUT2D eigenvalue weighted by atomic mass is 35.5. The van der Waals surface area contributed by atoms with Crippen LogP contribution in [0.3, 0.4) is 0 Å². The molecule has 1 N–H and O–H groups in total. The Labute approximate surface area is 102 Å². The molecule has 0 saturated carbocycles. The van der Waals surface area contributed by atoms with Crippen LogP contribution in [0.4, 0.5) is 0 Å². The Bertz CT molecular complexity index is 323. The second-order valence-electron chi connectivity index (χ2n) is 4.28. The van der Waals surface area contributed by atoms with E-state index in [1.165, 1.54) is 18.4 Å². The Morgan fingerprint density at radius 3 is 2.75 bits per heavy atom. The molecule has 0 aliphatic carbocycles. The fourth-order valence-electron chi connectivity index (χ4n) is 2.00. The van der Waals surface area contributed by atoms with E-state index in [0.717, 1.165) is 37.2 Å². The molecule has 0 radical (unpaired) electrons. The van der Waals surface area contributed by atoms with Crippen LogP contribution in [0.1, 0.15) is 18.4 Å². The molecule has 0 atom stereocenters. The topological polar surface area (TPSA) is 21.3 Å². The summed E-state index contributed by atoms with van der Waals surface area (Å²) < 4.78 is 5.33. The molecule has 1 fully saturated rings. The second kappa shape index (κ2) is 6.24. The van der Waals surface area contributed by atoms with Gasteiger partial charge in [-0.2, -0.15) is 0 Å². The van der Waals surface area contributed by atoms with E-state index in [9.17, 15) is 0 Å². The van der Waals surface area contributed by atoms with Gasteiger partial charge >= 0.3 is 0 Å². The average molecular weight is 240 g/mol. The van der Waals surface area contributed by atoms with Gasteiger partial charge in [0.25, 0.3) is 0 Å². The normalized spacial score (nSPS) is 17.6. The number of nitrogens with one attached hydrogen (secondary N) is 1. The number of hydrogen-bond donors (Lipinski definition) is 1. The fraction of sp³-hybridized carbons (Fsp3) is 0.538. The molecule has 2 nitrogen and oxygen atoms in total. The Hall–Kier alpha value is -0.570. The minimum atomic E-state index is 0.760. The Morgan fingerprint density at radius 2 is 2.00 bits per heavy atom. The van der Waals surface area contributed by atoms with Gasteiger partial charge in [-0.3, -0.25) is 0 Å². The van der Waals surface area contributed by atoms with Gasteiger partial charge in [-0.25, -0.2) is 0 Å². The molecule has 2 rings (SSSR count). The van der Waals surface area contributed by atoms with Crippen molar-refractivity contribution in [2.45, 2.75) is 19.4 Å². The summed E-state index contributed by atoms with van der Waals surface area (Å²) in [5.41, 5.74) is 1.18. The SMILES string of the molecule is Clc1ccccc1CNCC1CCOCC1. The summed E-state index contributed by atoms with van der Waals surface area (Å²) in [6, 6.07) is 7.99. The van der Waals surface area contributed by atoms with Crippen molar-refractivity contribution in [3.63, 3.8) is 0 Å². The molecule has 0 aromatic heterocycles. The van der Waals surface area contributed by atoms with Crippen molar-refractivity contribution < 1.29 is 4.74 Å². The van der Waals surface area contributed by atoms with Crippen LogP contribution in [-0.4, -0.2) is 19.8 Å². The summed E-state index contributed by atoms with van der Waals surface area (Å²) in [7, 11) is 0. The minimum absolute atomic E-state index is 0.760. The first-order valence-electron chi connectivity index (χ1n) is 5.88. The van der Waals surface area contributed by atoms with E-state index >= 15 is 0 Å². The fourth-order valence-corrected chi connectivity index (χ4v) is 2.21. The van der Waals surface area contributed by atoms with Crippen LogP contribution in [-0.2, 0) is 11.3 Å². The maximum Gasteiger partial charge on any atom is 0.0469 e. The van der Waals surface area contributed by atoms with E-state index in [4.69, 9.17) is 16.3 Å². The summed E-state index contributed by atoms with van der Waals surface area (Å²) in [5, 5.41) is 4.32. The third kappa shape index (κ3) is 3.48. The highest BCUT2D eigenvalue weighted by molar-refractivity contribution is 6.31. The van der Waals surface area contributed by atoms with Crippen LogP contribution in [0.2, 0.25) is 5.02 Å². The van der Waals surface area contributed by atoms with Gasteiger partial charge in [0.15, 0.2) is 0 Å². The van der Waals surface area contributed by atoms with Crippen LogP contribution in [0.25, 0.3) is 0 Å². The summed E-state index contributed by atoms with van der Waals surface area (Å²) in [4.78, 5) is 0. The lowest BCUT2D eigenvalue weighted by Crippen LogP contribution is -2.27. The summed E-state index contributed by atoms with van der Waals surface area (Å²) >= 11 is 6.09. The van der Waals surface area contributed by atoms with E-state index in [-0.39, 0.29) is 0 Å². The number of hydrogen-bond acceptors (Lipinski definition) is 2. The highest BCUT2D eigenvalue weighted by Crippen LogP contribution is 2.16. The van der Waals surface area contributed by atoms with Crippen LogP contribution >= 0.6 is 11.6 Å². The summed E-state index contributed by atoms with van der Waals surface area (Å²) in [6.45, 7) is 3.75. The van der Waals surface area contributed by atoms with Crippen molar-refractivity contribution in [1.82, 2.24) is 5.32 Å². The smallest absolute Gasteiger partial charge is 0.0469 e. The molecule has 88 valence electrons. The zero-order valence-corrected chi connectivity index (χ0v) is 10.2. The molecule has 1 aromatic carbocycles. The molecular formula is C13H18ClNO. The maximum absolute atomic E-state index is 6.09. The van der Waals surface area contributed by atoms with Crippen LogP contribution < -0.4 is 5.32 Å². The lowest BCUT2D eigenvalue weighted by molar-refractivity contribution is 0.0662. The second-order valence-corrected chi connectivity index (χ2v) is 4.69. The van der Waals surface area contributed by atoms with Gasteiger partial charge in [-0.1, -0.05) is 29.8 Å². The van der Waals surface area contributed by atoms with Crippen LogP contribution in [0.15, 0.2) is 24.3 Å². The van der Waals surface area contributed by atoms with Crippen molar-refractivity contribution in [2.75, 3.05) is 19.8 Å². The van der Waals surface area contributed by atoms with Crippen molar-refractivity contribution >= 4 is 11.6 Å². The zero-order chi connectivity index (χ0) is 11.2. The third-order valence-electron chi connectivity index (χ3n) is 3.05. The molecule has 1 aliphatic rings. The predicted molar refractivity (Wildman–Crippen MR) is 66.7 cm³/mol. The molecule has 3 heteroatoms. The lowest BCUT2D eigenvalue weighted by Gasteiger charge is -2.22. The van der Waals surface area contributed by atoms with Crippen LogP contribution in [0, 0.1) is 5.92 Å². The van der Waals surface area contributed by atoms with Gasteiger partial charge in [0.2, 0.25) is 0 Å². The van der Waals surface area contributed by atoms with Crippen molar-refractivity contribution in [2.24, 2.45) is 5.92 Å². The van der Waals surface area contributed by atoms with E-state index < -0.39 is 0 Å². The van der Waals surface area contributed by atoms with Gasteiger partial charge in [-0.05, 0) is 36.9 Å². The Morgan fingerprint density at radius 1 is 1.25 bits per heavy atom. The van der Waals surface area contributed by atoms with Gasteiger partial charge < -0.3 is 10.1 Å². The number of benzene rings is 1. The van der Waals surface area contributed by atoms with Gasteiger partial charge in [-0.15, -0.1) is 0 Å². The monoisotopic (exact) mass is 239 g/mol. The molecule has 0 amide bonds. The van der Waals surface area contributed by atoms with E-state index in [2.05, 4.69) is 11.4 Å². The van der Waals surface area contributed by atoms with Crippen LogP contribution in [0.5, 0.6) is 0 Å². The van der Waals surface area contributed by atoms with Gasteiger partial charge in [0, 0.05) is 24.8 Å². The molecule has 0 spiro atoms. The molecule has 0 bridgehead atoms. The number of ether oxygens (including phenoxy) is 1. The summed E-state index contributed by atoms with van der Waals surface area (Å²) in [6.07, 6.45) is 2.35. The molecule has 16 heavy (non-hydrogen) atoms. The molecule has 1 aliphatic heterocycles. The lowest BCUT2D eigenvalue weighted by atomic mass is 10.0. The number of rotatable bonds is 4. The molecule has 1 aromatic rings. The van der Waals surface area contributed by atoms with E-state index in [0.29, 0.717) is 0 Å². The minimum Gasteiger partial charge on any atom is -0.381 e. The zero-order valence-electron chi connectivity index (χ0n) is 9.42. The van der Waals surface area contributed by atoms with E-state index in [1.54, 1.807) is 0 Å². The first-order chi connectivity index (χ1) is 7.86. The Kier molecular flexibility index (Phi) is 4.64. The van der Waals surface area contributed by atoms with Gasteiger partial charge in [0.1, 0.15) is 0 Å². The van der Waals surface area contributed by atoms with Crippen molar-refractivity contribution in [3.8, 4) is 0 Å². The molecule has 1 heterocycles. The predicted octanol–water partition coefficient (Wildman–Crippen LogP) is 2.86.